The molecular formula is C15H24N6O3. The molecule has 9 nitrogen and oxygen atoms in total. The molecule has 2 amide bonds. The summed E-state index contributed by atoms with van der Waals surface area (Å²) >= 11 is 0. The number of nitrogens with one attached hydrogen (secondary N) is 1. The predicted octanol–water partition coefficient (Wildman–Crippen LogP) is 0.488. The third-order valence-corrected chi connectivity index (χ3v) is 4.98. The predicted molar refractivity (Wildman–Crippen MR) is 83.2 cm³/mol. The van der Waals surface area contributed by atoms with Crippen LogP contribution in [0.2, 0.25) is 0 Å². The van der Waals surface area contributed by atoms with E-state index in [1.165, 1.54) is 0 Å². The number of amides is 2. The number of tetrazole rings is 1. The van der Waals surface area contributed by atoms with Gasteiger partial charge in [-0.25, -0.2) is 9.48 Å². The van der Waals surface area contributed by atoms with Gasteiger partial charge in [0.15, 0.2) is 5.82 Å². The Morgan fingerprint density at radius 1 is 1.46 bits per heavy atom. The molecule has 1 aromatic rings. The Morgan fingerprint density at radius 2 is 2.33 bits per heavy atom. The maximum absolute atomic E-state index is 12.6. The second kappa shape index (κ2) is 6.29. The van der Waals surface area contributed by atoms with Gasteiger partial charge in [0, 0.05) is 19.6 Å². The largest absolute Gasteiger partial charge is 0.378 e. The highest BCUT2D eigenvalue weighted by Gasteiger charge is 2.44. The van der Waals surface area contributed by atoms with Gasteiger partial charge in [-0.05, 0) is 29.7 Å². The Balaban J connectivity index is 1.38. The van der Waals surface area contributed by atoms with E-state index in [1.807, 2.05) is 9.58 Å². The molecule has 2 saturated heterocycles. The number of hydrogen-bond donors (Lipinski definition) is 1. The minimum atomic E-state index is -0.341. The summed E-state index contributed by atoms with van der Waals surface area (Å²) in [4.78, 5) is 14.5. The number of rotatable bonds is 4. The number of carbonyl (C=O) groups is 1. The SMILES string of the molecule is CCC1CN(C(=O)NCc2nnnn2C2CC2)CC2(CCOC2)O1. The minimum absolute atomic E-state index is 0.0583. The van der Waals surface area contributed by atoms with Crippen LogP contribution in [0.15, 0.2) is 0 Å². The van der Waals surface area contributed by atoms with Crippen LogP contribution in [-0.4, -0.2) is 69.1 Å². The number of ether oxygens (including phenoxy) is 2. The first-order valence-corrected chi connectivity index (χ1v) is 8.74. The van der Waals surface area contributed by atoms with Gasteiger partial charge in [0.1, 0.15) is 5.60 Å². The molecule has 3 heterocycles. The molecule has 2 atom stereocenters. The standard InChI is InChI=1S/C15H24N6O3/c1-2-12-8-20(9-15(24-12)5-6-23-10-15)14(22)16-7-13-17-18-19-21(13)11-3-4-11/h11-12H,2-10H2,1H3,(H,16,22). The van der Waals surface area contributed by atoms with Gasteiger partial charge in [-0.15, -0.1) is 5.10 Å². The van der Waals surface area contributed by atoms with Gasteiger partial charge in [0.2, 0.25) is 0 Å². The van der Waals surface area contributed by atoms with E-state index in [2.05, 4.69) is 27.8 Å². The maximum Gasteiger partial charge on any atom is 0.317 e. The molecule has 0 aromatic carbocycles. The van der Waals surface area contributed by atoms with Crippen LogP contribution in [0.3, 0.4) is 0 Å². The Labute approximate surface area is 140 Å². The Morgan fingerprint density at radius 3 is 3.04 bits per heavy atom. The van der Waals surface area contributed by atoms with Crippen molar-refractivity contribution in [2.75, 3.05) is 26.3 Å². The first kappa shape index (κ1) is 15.8. The van der Waals surface area contributed by atoms with Crippen LogP contribution in [0.5, 0.6) is 0 Å². The topological polar surface area (TPSA) is 94.4 Å². The lowest BCUT2D eigenvalue weighted by molar-refractivity contribution is -0.144. The van der Waals surface area contributed by atoms with Crippen molar-refractivity contribution in [1.82, 2.24) is 30.4 Å². The fraction of sp³-hybridized carbons (Fsp3) is 0.867. The molecule has 3 fully saturated rings. The van der Waals surface area contributed by atoms with Crippen LogP contribution in [0.4, 0.5) is 4.79 Å². The smallest absolute Gasteiger partial charge is 0.317 e. The van der Waals surface area contributed by atoms with Crippen LogP contribution in [0.1, 0.15) is 44.5 Å². The second-order valence-electron chi connectivity index (χ2n) is 6.94. The van der Waals surface area contributed by atoms with Gasteiger partial charge in [0.05, 0.1) is 31.8 Å². The third kappa shape index (κ3) is 3.10. The third-order valence-electron chi connectivity index (χ3n) is 4.98. The summed E-state index contributed by atoms with van der Waals surface area (Å²) in [6, 6.07) is 0.312. The van der Waals surface area contributed by atoms with E-state index in [0.717, 1.165) is 25.7 Å². The molecule has 1 saturated carbocycles. The second-order valence-corrected chi connectivity index (χ2v) is 6.94. The molecule has 1 aromatic heterocycles. The fourth-order valence-electron chi connectivity index (χ4n) is 3.46. The first-order valence-electron chi connectivity index (χ1n) is 8.74. The summed E-state index contributed by atoms with van der Waals surface area (Å²) in [6.07, 6.45) is 3.99. The quantitative estimate of drug-likeness (QED) is 0.860. The van der Waals surface area contributed by atoms with E-state index >= 15 is 0 Å². The summed E-state index contributed by atoms with van der Waals surface area (Å²) in [7, 11) is 0. The lowest BCUT2D eigenvalue weighted by atomic mass is 9.99. The molecule has 132 valence electrons. The highest BCUT2D eigenvalue weighted by atomic mass is 16.6. The summed E-state index contributed by atoms with van der Waals surface area (Å²) in [5.41, 5.74) is -0.341. The van der Waals surface area contributed by atoms with Gasteiger partial charge in [-0.2, -0.15) is 0 Å². The molecule has 9 heteroatoms. The Bertz CT molecular complexity index is 596. The Hall–Kier alpha value is -1.74. The number of urea groups is 1. The molecule has 0 radical (unpaired) electrons. The lowest BCUT2D eigenvalue weighted by Gasteiger charge is -2.43. The first-order chi connectivity index (χ1) is 11.7. The Kier molecular flexibility index (Phi) is 4.13. The summed E-state index contributed by atoms with van der Waals surface area (Å²) in [5.74, 6) is 0.713. The van der Waals surface area contributed by atoms with Crippen molar-refractivity contribution in [2.45, 2.75) is 56.9 Å². The van der Waals surface area contributed by atoms with Crippen molar-refractivity contribution in [3.63, 3.8) is 0 Å². The van der Waals surface area contributed by atoms with Crippen molar-refractivity contribution in [3.05, 3.63) is 5.82 Å². The van der Waals surface area contributed by atoms with Gasteiger partial charge in [-0.1, -0.05) is 6.92 Å². The van der Waals surface area contributed by atoms with Crippen molar-refractivity contribution in [1.29, 1.82) is 0 Å². The van der Waals surface area contributed by atoms with Crippen molar-refractivity contribution in [3.8, 4) is 0 Å². The minimum Gasteiger partial charge on any atom is -0.378 e. The molecular weight excluding hydrogens is 312 g/mol. The zero-order valence-corrected chi connectivity index (χ0v) is 14.0. The van der Waals surface area contributed by atoms with E-state index in [4.69, 9.17) is 9.47 Å². The molecule has 0 bridgehead atoms. The number of carbonyl (C=O) groups excluding carboxylic acids is 1. The highest BCUT2D eigenvalue weighted by molar-refractivity contribution is 5.74. The van der Waals surface area contributed by atoms with Crippen LogP contribution in [0, 0.1) is 0 Å². The van der Waals surface area contributed by atoms with Gasteiger partial charge in [-0.3, -0.25) is 0 Å². The summed E-state index contributed by atoms with van der Waals surface area (Å²) < 4.78 is 13.5. The molecule has 2 aliphatic heterocycles. The normalized spacial score (nSPS) is 30.0. The van der Waals surface area contributed by atoms with Crippen molar-refractivity contribution < 1.29 is 14.3 Å². The molecule has 2 unspecified atom stereocenters. The van der Waals surface area contributed by atoms with Crippen molar-refractivity contribution >= 4 is 6.03 Å². The average molecular weight is 336 g/mol. The molecule has 3 aliphatic rings. The van der Waals surface area contributed by atoms with Gasteiger partial charge < -0.3 is 19.7 Å². The monoisotopic (exact) mass is 336 g/mol. The van der Waals surface area contributed by atoms with E-state index in [0.29, 0.717) is 44.7 Å². The fourth-order valence-corrected chi connectivity index (χ4v) is 3.46. The number of hydrogen-bond acceptors (Lipinski definition) is 6. The number of nitrogens with zero attached hydrogens (tertiary/aromatic N) is 5. The van der Waals surface area contributed by atoms with E-state index in [-0.39, 0.29) is 17.7 Å². The summed E-state index contributed by atoms with van der Waals surface area (Å²) in [5, 5.41) is 14.7. The average Bonchev–Trinajstić information content (AvgIpc) is 3.17. The zero-order chi connectivity index (χ0) is 16.6. The molecule has 24 heavy (non-hydrogen) atoms. The zero-order valence-electron chi connectivity index (χ0n) is 14.0. The van der Waals surface area contributed by atoms with E-state index < -0.39 is 0 Å². The maximum atomic E-state index is 12.6. The molecule has 1 N–H and O–H groups in total. The van der Waals surface area contributed by atoms with Crippen LogP contribution in [0.25, 0.3) is 0 Å². The van der Waals surface area contributed by atoms with Crippen LogP contribution >= 0.6 is 0 Å². The van der Waals surface area contributed by atoms with Gasteiger partial charge in [0.25, 0.3) is 0 Å². The highest BCUT2D eigenvalue weighted by Crippen LogP contribution is 2.34. The number of aromatic nitrogens is 4. The van der Waals surface area contributed by atoms with E-state index in [9.17, 15) is 4.79 Å². The van der Waals surface area contributed by atoms with Crippen LogP contribution in [-0.2, 0) is 16.0 Å². The number of morpholine rings is 1. The molecule has 1 spiro atoms. The van der Waals surface area contributed by atoms with Crippen LogP contribution < -0.4 is 5.32 Å². The lowest BCUT2D eigenvalue weighted by Crippen LogP contribution is -2.59. The molecule has 1 aliphatic carbocycles. The molecule has 4 rings (SSSR count). The van der Waals surface area contributed by atoms with Gasteiger partial charge >= 0.3 is 6.03 Å². The van der Waals surface area contributed by atoms with E-state index in [1.54, 1.807) is 0 Å². The van der Waals surface area contributed by atoms with Crippen molar-refractivity contribution in [2.24, 2.45) is 0 Å². The summed E-state index contributed by atoms with van der Waals surface area (Å²) in [6.45, 7) is 4.87.